The molecule has 0 saturated carbocycles. The van der Waals surface area contributed by atoms with Gasteiger partial charge in [-0.25, -0.2) is 9.78 Å². The number of thiazole rings is 1. The number of hydrogen-bond acceptors (Lipinski definition) is 9. The average Bonchev–Trinajstić information content (AvgIpc) is 3.28. The van der Waals surface area contributed by atoms with E-state index in [9.17, 15) is 19.7 Å². The number of anilines is 1. The molecule has 3 aromatic rings. The summed E-state index contributed by atoms with van der Waals surface area (Å²) in [5, 5.41) is 19.1. The van der Waals surface area contributed by atoms with Crippen LogP contribution in [0, 0.1) is 24.0 Å². The summed E-state index contributed by atoms with van der Waals surface area (Å²) in [4.78, 5) is 39.2. The van der Waals surface area contributed by atoms with Crippen LogP contribution in [0.1, 0.15) is 28.7 Å². The fourth-order valence-electron chi connectivity index (χ4n) is 2.50. The summed E-state index contributed by atoms with van der Waals surface area (Å²) in [6.45, 7) is 4.61. The second-order valence-electron chi connectivity index (χ2n) is 6.08. The number of ether oxygens (including phenoxy) is 1. The lowest BCUT2D eigenvalue weighted by atomic mass is 10.1. The van der Waals surface area contributed by atoms with Crippen LogP contribution < -0.4 is 5.32 Å². The van der Waals surface area contributed by atoms with Gasteiger partial charge < -0.3 is 9.26 Å². The molecule has 1 aromatic carbocycles. The highest BCUT2D eigenvalue weighted by Crippen LogP contribution is 2.27. The maximum absolute atomic E-state index is 12.3. The van der Waals surface area contributed by atoms with Crippen molar-refractivity contribution < 1.29 is 23.8 Å². The van der Waals surface area contributed by atoms with E-state index in [1.165, 1.54) is 19.1 Å². The van der Waals surface area contributed by atoms with Gasteiger partial charge in [0.2, 0.25) is 0 Å². The minimum absolute atomic E-state index is 0.0547. The number of esters is 1. The van der Waals surface area contributed by atoms with Crippen LogP contribution in [-0.4, -0.2) is 33.0 Å². The summed E-state index contributed by atoms with van der Waals surface area (Å²) in [5.74, 6) is -0.966. The SMILES string of the molecule is Cc1noc(C)c1C(=O)O[C@@H](C)C(=O)Nc1nc(-c2cccc([N+](=O)[O-])c2)cs1. The zero-order valence-corrected chi connectivity index (χ0v) is 16.5. The fraction of sp³-hybridized carbons (Fsp3) is 0.222. The molecule has 0 radical (unpaired) electrons. The average molecular weight is 416 g/mol. The number of nitro benzene ring substituents is 1. The number of non-ortho nitro benzene ring substituents is 1. The van der Waals surface area contributed by atoms with Crippen molar-refractivity contribution in [1.82, 2.24) is 10.1 Å². The van der Waals surface area contributed by atoms with Crippen molar-refractivity contribution in [2.45, 2.75) is 26.9 Å². The number of nitrogens with one attached hydrogen (secondary N) is 1. The Morgan fingerprint density at radius 3 is 2.76 bits per heavy atom. The van der Waals surface area contributed by atoms with Gasteiger partial charge in [0.15, 0.2) is 11.2 Å². The molecule has 11 heteroatoms. The molecule has 3 rings (SSSR count). The number of nitrogens with zero attached hydrogens (tertiary/aromatic N) is 3. The predicted molar refractivity (Wildman–Crippen MR) is 104 cm³/mol. The third kappa shape index (κ3) is 4.46. The molecule has 0 aliphatic heterocycles. The summed E-state index contributed by atoms with van der Waals surface area (Å²) in [6.07, 6.45) is -1.08. The lowest BCUT2D eigenvalue weighted by Crippen LogP contribution is -2.30. The Labute approximate surface area is 168 Å². The molecule has 2 heterocycles. The van der Waals surface area contributed by atoms with Crippen LogP contribution in [0.3, 0.4) is 0 Å². The molecule has 0 aliphatic carbocycles. The van der Waals surface area contributed by atoms with Crippen LogP contribution in [0.2, 0.25) is 0 Å². The number of aryl methyl sites for hydroxylation is 2. The van der Waals surface area contributed by atoms with Gasteiger partial charge in [-0.05, 0) is 20.8 Å². The second kappa shape index (κ2) is 8.19. The van der Waals surface area contributed by atoms with E-state index in [2.05, 4.69) is 15.5 Å². The third-order valence-corrected chi connectivity index (χ3v) is 4.74. The molecule has 0 bridgehead atoms. The summed E-state index contributed by atoms with van der Waals surface area (Å²) >= 11 is 1.15. The Hall–Kier alpha value is -3.60. The molecular weight excluding hydrogens is 400 g/mol. The zero-order chi connectivity index (χ0) is 21.1. The van der Waals surface area contributed by atoms with Crippen molar-refractivity contribution in [1.29, 1.82) is 0 Å². The first-order chi connectivity index (χ1) is 13.8. The van der Waals surface area contributed by atoms with Crippen LogP contribution in [0.4, 0.5) is 10.8 Å². The first-order valence-electron chi connectivity index (χ1n) is 8.41. The first-order valence-corrected chi connectivity index (χ1v) is 9.29. The molecule has 0 fully saturated rings. The molecule has 150 valence electrons. The smallest absolute Gasteiger partial charge is 0.344 e. The van der Waals surface area contributed by atoms with Gasteiger partial charge in [0.1, 0.15) is 11.3 Å². The van der Waals surface area contributed by atoms with Crippen molar-refractivity contribution in [3.63, 3.8) is 0 Å². The molecule has 2 aromatic heterocycles. The summed E-state index contributed by atoms with van der Waals surface area (Å²) in [7, 11) is 0. The molecule has 0 aliphatic rings. The number of rotatable bonds is 6. The Morgan fingerprint density at radius 1 is 1.34 bits per heavy atom. The standard InChI is InChI=1S/C18H16N4O6S/c1-9-15(10(2)28-21-9)17(24)27-11(3)16(23)20-18-19-14(8-29-18)12-5-4-6-13(7-12)22(25)26/h4-8,11H,1-3H3,(H,19,20,23)/t11-/m0/s1. The summed E-state index contributed by atoms with van der Waals surface area (Å²) in [5.41, 5.74) is 1.54. The molecule has 10 nitrogen and oxygen atoms in total. The summed E-state index contributed by atoms with van der Waals surface area (Å²) < 4.78 is 10.1. The maximum Gasteiger partial charge on any atom is 0.344 e. The van der Waals surface area contributed by atoms with E-state index in [1.54, 1.807) is 31.4 Å². The van der Waals surface area contributed by atoms with E-state index in [0.717, 1.165) is 11.3 Å². The second-order valence-corrected chi connectivity index (χ2v) is 6.94. The van der Waals surface area contributed by atoms with Gasteiger partial charge in [0.05, 0.1) is 16.3 Å². The topological polar surface area (TPSA) is 137 Å². The number of amides is 1. The quantitative estimate of drug-likeness (QED) is 0.366. The summed E-state index contributed by atoms with van der Waals surface area (Å²) in [6, 6.07) is 6.02. The van der Waals surface area contributed by atoms with E-state index in [0.29, 0.717) is 22.7 Å². The normalized spacial score (nSPS) is 11.7. The Balaban J connectivity index is 1.66. The maximum atomic E-state index is 12.3. The lowest BCUT2D eigenvalue weighted by Gasteiger charge is -2.12. The van der Waals surface area contributed by atoms with Crippen molar-refractivity contribution in [2.24, 2.45) is 0 Å². The molecule has 0 spiro atoms. The minimum Gasteiger partial charge on any atom is -0.449 e. The molecule has 1 atom stereocenters. The predicted octanol–water partition coefficient (Wildman–Crippen LogP) is 3.51. The number of carbonyl (C=O) groups is 2. The van der Waals surface area contributed by atoms with Crippen molar-refractivity contribution in [3.8, 4) is 11.3 Å². The molecule has 1 amide bonds. The Kier molecular flexibility index (Phi) is 5.69. The van der Waals surface area contributed by atoms with Gasteiger partial charge in [-0.2, -0.15) is 0 Å². The van der Waals surface area contributed by atoms with E-state index in [4.69, 9.17) is 9.26 Å². The van der Waals surface area contributed by atoms with E-state index in [1.807, 2.05) is 0 Å². The largest absolute Gasteiger partial charge is 0.449 e. The number of benzene rings is 1. The number of carbonyl (C=O) groups excluding carboxylic acids is 2. The van der Waals surface area contributed by atoms with Crippen molar-refractivity contribution >= 4 is 34.0 Å². The van der Waals surface area contributed by atoms with E-state index in [-0.39, 0.29) is 16.4 Å². The van der Waals surface area contributed by atoms with Gasteiger partial charge >= 0.3 is 5.97 Å². The van der Waals surface area contributed by atoms with Crippen LogP contribution in [-0.2, 0) is 9.53 Å². The lowest BCUT2D eigenvalue weighted by molar-refractivity contribution is -0.384. The van der Waals surface area contributed by atoms with Gasteiger partial charge in [-0.15, -0.1) is 11.3 Å². The van der Waals surface area contributed by atoms with Gasteiger partial charge in [-0.1, -0.05) is 17.3 Å². The highest BCUT2D eigenvalue weighted by atomic mass is 32.1. The van der Waals surface area contributed by atoms with Crippen LogP contribution in [0.15, 0.2) is 34.2 Å². The van der Waals surface area contributed by atoms with Gasteiger partial charge in [0, 0.05) is 23.1 Å². The fourth-order valence-corrected chi connectivity index (χ4v) is 3.22. The molecule has 1 N–H and O–H groups in total. The molecule has 0 unspecified atom stereocenters. The zero-order valence-electron chi connectivity index (χ0n) is 15.7. The van der Waals surface area contributed by atoms with E-state index >= 15 is 0 Å². The number of nitro groups is 1. The van der Waals surface area contributed by atoms with E-state index < -0.39 is 22.9 Å². The highest BCUT2D eigenvalue weighted by molar-refractivity contribution is 7.14. The Bertz CT molecular complexity index is 1070. The first kappa shape index (κ1) is 20.1. The van der Waals surface area contributed by atoms with Crippen LogP contribution in [0.25, 0.3) is 11.3 Å². The van der Waals surface area contributed by atoms with Crippen LogP contribution >= 0.6 is 11.3 Å². The molecule has 29 heavy (non-hydrogen) atoms. The molecular formula is C18H16N4O6S. The van der Waals surface area contributed by atoms with Crippen molar-refractivity contribution in [2.75, 3.05) is 5.32 Å². The Morgan fingerprint density at radius 2 is 2.10 bits per heavy atom. The minimum atomic E-state index is -1.08. The highest BCUT2D eigenvalue weighted by Gasteiger charge is 2.24. The molecule has 0 saturated heterocycles. The van der Waals surface area contributed by atoms with Crippen molar-refractivity contribution in [3.05, 3.63) is 56.8 Å². The number of aromatic nitrogens is 2. The monoisotopic (exact) mass is 416 g/mol. The van der Waals surface area contributed by atoms with Crippen LogP contribution in [0.5, 0.6) is 0 Å². The van der Waals surface area contributed by atoms with Gasteiger partial charge in [0.25, 0.3) is 11.6 Å². The third-order valence-electron chi connectivity index (χ3n) is 3.98. The number of hydrogen-bond donors (Lipinski definition) is 1. The van der Waals surface area contributed by atoms with Gasteiger partial charge in [-0.3, -0.25) is 20.2 Å².